The van der Waals surface area contributed by atoms with Gasteiger partial charge >= 0.3 is 0 Å². The Hall–Kier alpha value is -3.00. The first-order valence-electron chi connectivity index (χ1n) is 10.00. The fraction of sp³-hybridized carbons (Fsp3) is 0.125. The number of nitrogens with one attached hydrogen (secondary N) is 1. The molecule has 2 aromatic carbocycles. The maximum atomic E-state index is 12.9. The molecule has 0 unspecified atom stereocenters. The van der Waals surface area contributed by atoms with Gasteiger partial charge < -0.3 is 9.88 Å². The second-order valence-corrected chi connectivity index (χ2v) is 9.20. The van der Waals surface area contributed by atoms with E-state index in [0.717, 1.165) is 39.3 Å². The van der Waals surface area contributed by atoms with Crippen LogP contribution in [0.5, 0.6) is 0 Å². The molecule has 33 heavy (non-hydrogen) atoms. The third-order valence-electron chi connectivity index (χ3n) is 5.16. The van der Waals surface area contributed by atoms with Crippen LogP contribution in [0.25, 0.3) is 11.8 Å². The van der Waals surface area contributed by atoms with Crippen LogP contribution in [0.3, 0.4) is 0 Å². The molecule has 2 heterocycles. The van der Waals surface area contributed by atoms with Crippen LogP contribution in [0.4, 0.5) is 10.5 Å². The van der Waals surface area contributed by atoms with Crippen LogP contribution in [0.1, 0.15) is 17.0 Å². The van der Waals surface area contributed by atoms with Crippen molar-refractivity contribution in [3.05, 3.63) is 86.5 Å². The monoisotopic (exact) mass is 499 g/mol. The summed E-state index contributed by atoms with van der Waals surface area (Å²) in [5.74, 6) is -0.947. The summed E-state index contributed by atoms with van der Waals surface area (Å²) in [5.41, 5.74) is 3.82. The molecule has 1 saturated heterocycles. The summed E-state index contributed by atoms with van der Waals surface area (Å²) >= 11 is 13.4. The Balaban J connectivity index is 1.57. The molecule has 1 fully saturated rings. The zero-order chi connectivity index (χ0) is 23.7. The minimum atomic E-state index is -0.501. The summed E-state index contributed by atoms with van der Waals surface area (Å²) in [4.78, 5) is 38.8. The zero-order valence-corrected chi connectivity index (χ0v) is 20.1. The molecule has 4 rings (SSSR count). The number of anilines is 1. The first-order valence-corrected chi connectivity index (χ1v) is 11.6. The van der Waals surface area contributed by atoms with Gasteiger partial charge in [-0.3, -0.25) is 19.3 Å². The highest BCUT2D eigenvalue weighted by Gasteiger charge is 2.36. The highest BCUT2D eigenvalue weighted by molar-refractivity contribution is 8.18. The average Bonchev–Trinajstić information content (AvgIpc) is 3.20. The molecule has 0 aliphatic carbocycles. The van der Waals surface area contributed by atoms with E-state index in [4.69, 9.17) is 23.2 Å². The number of thioether (sulfide) groups is 1. The van der Waals surface area contributed by atoms with Gasteiger partial charge in [-0.2, -0.15) is 0 Å². The van der Waals surface area contributed by atoms with Crippen LogP contribution in [0.2, 0.25) is 10.0 Å². The smallest absolute Gasteiger partial charge is 0.294 e. The highest BCUT2D eigenvalue weighted by atomic mass is 35.5. The molecule has 1 aliphatic heterocycles. The van der Waals surface area contributed by atoms with E-state index >= 15 is 0 Å². The SMILES string of the molecule is Cc1cc(/C=C2\SC(=O)N(CC(=O)Nc3ccccc3)C2=O)c(C)n1-c1cccc(Cl)c1Cl. The van der Waals surface area contributed by atoms with Gasteiger partial charge in [0.05, 0.1) is 20.6 Å². The van der Waals surface area contributed by atoms with Gasteiger partial charge in [0.15, 0.2) is 0 Å². The number of para-hydroxylation sites is 1. The molecule has 0 spiro atoms. The van der Waals surface area contributed by atoms with Gasteiger partial charge in [-0.25, -0.2) is 0 Å². The van der Waals surface area contributed by atoms with Crippen molar-refractivity contribution in [3.8, 4) is 5.69 Å². The molecular weight excluding hydrogens is 481 g/mol. The van der Waals surface area contributed by atoms with Crippen molar-refractivity contribution in [2.45, 2.75) is 13.8 Å². The lowest BCUT2D eigenvalue weighted by molar-refractivity contribution is -0.127. The van der Waals surface area contributed by atoms with Gasteiger partial charge in [0, 0.05) is 17.1 Å². The lowest BCUT2D eigenvalue weighted by atomic mass is 10.2. The summed E-state index contributed by atoms with van der Waals surface area (Å²) in [6.45, 7) is 3.46. The molecule has 1 N–H and O–H groups in total. The number of nitrogens with zero attached hydrogens (tertiary/aromatic N) is 2. The minimum Gasteiger partial charge on any atom is -0.325 e. The van der Waals surface area contributed by atoms with Crippen molar-refractivity contribution in [3.63, 3.8) is 0 Å². The number of imide groups is 1. The number of halogens is 2. The second-order valence-electron chi connectivity index (χ2n) is 7.42. The first-order chi connectivity index (χ1) is 15.8. The van der Waals surface area contributed by atoms with Crippen molar-refractivity contribution < 1.29 is 14.4 Å². The summed E-state index contributed by atoms with van der Waals surface area (Å²) in [6, 6.07) is 16.1. The van der Waals surface area contributed by atoms with E-state index < -0.39 is 17.1 Å². The molecule has 9 heteroatoms. The topological polar surface area (TPSA) is 71.4 Å². The Kier molecular flexibility index (Phi) is 6.65. The maximum Gasteiger partial charge on any atom is 0.294 e. The Bertz CT molecular complexity index is 1300. The van der Waals surface area contributed by atoms with Gasteiger partial charge in [-0.15, -0.1) is 0 Å². The third kappa shape index (κ3) is 4.71. The van der Waals surface area contributed by atoms with Crippen LogP contribution < -0.4 is 5.32 Å². The fourth-order valence-corrected chi connectivity index (χ4v) is 4.82. The molecular formula is C24H19Cl2N3O3S. The van der Waals surface area contributed by atoms with E-state index in [2.05, 4.69) is 5.32 Å². The quantitative estimate of drug-likeness (QED) is 0.432. The van der Waals surface area contributed by atoms with E-state index in [9.17, 15) is 14.4 Å². The third-order valence-corrected chi connectivity index (χ3v) is 6.88. The number of benzene rings is 2. The molecule has 0 radical (unpaired) electrons. The van der Waals surface area contributed by atoms with Crippen LogP contribution in [0, 0.1) is 13.8 Å². The van der Waals surface area contributed by atoms with E-state index in [-0.39, 0.29) is 11.4 Å². The fourth-order valence-electron chi connectivity index (χ4n) is 3.61. The standard InChI is InChI=1S/C24H19Cl2N3O3S/c1-14-11-16(15(2)29(14)19-10-6-9-18(25)22(19)26)12-20-23(31)28(24(32)33-20)13-21(30)27-17-7-4-3-5-8-17/h3-12H,13H2,1-2H3,(H,27,30)/b20-12-. The number of carbonyl (C=O) groups excluding carboxylic acids is 3. The van der Waals surface area contributed by atoms with E-state index in [0.29, 0.717) is 15.7 Å². The van der Waals surface area contributed by atoms with Gasteiger partial charge in [0.1, 0.15) is 6.54 Å². The second kappa shape index (κ2) is 9.47. The predicted molar refractivity (Wildman–Crippen MR) is 133 cm³/mol. The first kappa shape index (κ1) is 23.2. The molecule has 168 valence electrons. The van der Waals surface area contributed by atoms with Gasteiger partial charge in [0.2, 0.25) is 5.91 Å². The number of aryl methyl sites for hydroxylation is 1. The predicted octanol–water partition coefficient (Wildman–Crippen LogP) is 6.08. The summed E-state index contributed by atoms with van der Waals surface area (Å²) in [7, 11) is 0. The van der Waals surface area contributed by atoms with E-state index in [1.165, 1.54) is 0 Å². The Morgan fingerprint density at radius 2 is 1.79 bits per heavy atom. The molecule has 0 saturated carbocycles. The number of aromatic nitrogens is 1. The molecule has 3 amide bonds. The van der Waals surface area contributed by atoms with Crippen molar-refractivity contribution in [1.82, 2.24) is 9.47 Å². The van der Waals surface area contributed by atoms with Gasteiger partial charge in [0.25, 0.3) is 11.1 Å². The minimum absolute atomic E-state index is 0.255. The number of hydrogen-bond acceptors (Lipinski definition) is 4. The van der Waals surface area contributed by atoms with Crippen LogP contribution in [0.15, 0.2) is 59.5 Å². The number of rotatable bonds is 5. The van der Waals surface area contributed by atoms with Crippen molar-refractivity contribution >= 4 is 63.8 Å². The van der Waals surface area contributed by atoms with Crippen molar-refractivity contribution in [2.24, 2.45) is 0 Å². The van der Waals surface area contributed by atoms with Gasteiger partial charge in [-0.05, 0) is 67.6 Å². The number of amides is 3. The van der Waals surface area contributed by atoms with E-state index in [1.54, 1.807) is 36.4 Å². The van der Waals surface area contributed by atoms with E-state index in [1.807, 2.05) is 42.7 Å². The molecule has 0 atom stereocenters. The highest BCUT2D eigenvalue weighted by Crippen LogP contribution is 2.35. The Labute approximate surface area is 205 Å². The summed E-state index contributed by atoms with van der Waals surface area (Å²) in [5, 5.41) is 3.07. The van der Waals surface area contributed by atoms with Crippen LogP contribution >= 0.6 is 35.0 Å². The zero-order valence-electron chi connectivity index (χ0n) is 17.8. The summed E-state index contributed by atoms with van der Waals surface area (Å²) in [6.07, 6.45) is 1.66. The van der Waals surface area contributed by atoms with Gasteiger partial charge in [-0.1, -0.05) is 47.5 Å². The molecule has 0 bridgehead atoms. The average molecular weight is 500 g/mol. The Morgan fingerprint density at radius 1 is 1.06 bits per heavy atom. The lowest BCUT2D eigenvalue weighted by Crippen LogP contribution is -2.36. The molecule has 3 aromatic rings. The lowest BCUT2D eigenvalue weighted by Gasteiger charge is -2.12. The Morgan fingerprint density at radius 3 is 2.52 bits per heavy atom. The maximum absolute atomic E-state index is 12.9. The largest absolute Gasteiger partial charge is 0.325 e. The number of hydrogen-bond donors (Lipinski definition) is 1. The summed E-state index contributed by atoms with van der Waals surface area (Å²) < 4.78 is 1.94. The molecule has 6 nitrogen and oxygen atoms in total. The van der Waals surface area contributed by atoms with Crippen molar-refractivity contribution in [1.29, 1.82) is 0 Å². The van der Waals surface area contributed by atoms with Crippen LogP contribution in [-0.4, -0.2) is 33.1 Å². The normalized spacial score (nSPS) is 14.9. The molecule has 1 aromatic heterocycles. The number of carbonyl (C=O) groups is 3. The van der Waals surface area contributed by atoms with Crippen molar-refractivity contribution in [2.75, 3.05) is 11.9 Å². The van der Waals surface area contributed by atoms with Crippen LogP contribution in [-0.2, 0) is 9.59 Å². The molecule has 1 aliphatic rings.